The van der Waals surface area contributed by atoms with E-state index in [4.69, 9.17) is 11.6 Å². The summed E-state index contributed by atoms with van der Waals surface area (Å²) in [6.07, 6.45) is 6.80. The summed E-state index contributed by atoms with van der Waals surface area (Å²) in [7, 11) is 0. The molecule has 1 aliphatic rings. The Kier molecular flexibility index (Phi) is 5.33. The van der Waals surface area contributed by atoms with Gasteiger partial charge in [-0.05, 0) is 37.5 Å². The van der Waals surface area contributed by atoms with E-state index in [9.17, 15) is 10.1 Å². The minimum Gasteiger partial charge on any atom is -0.361 e. The third kappa shape index (κ3) is 4.17. The van der Waals surface area contributed by atoms with E-state index in [1.807, 2.05) is 13.0 Å². The molecule has 7 nitrogen and oxygen atoms in total. The molecule has 0 saturated heterocycles. The van der Waals surface area contributed by atoms with Crippen LogP contribution in [0.5, 0.6) is 0 Å². The van der Waals surface area contributed by atoms with Gasteiger partial charge in [0.25, 0.3) is 0 Å². The van der Waals surface area contributed by atoms with Crippen LogP contribution < -0.4 is 10.6 Å². The van der Waals surface area contributed by atoms with Gasteiger partial charge in [-0.15, -0.1) is 0 Å². The van der Waals surface area contributed by atoms with Gasteiger partial charge in [-0.1, -0.05) is 36.9 Å². The molecule has 2 aromatic rings. The highest BCUT2D eigenvalue weighted by molar-refractivity contribution is 6.30. The molecule has 132 valence electrons. The lowest BCUT2D eigenvalue weighted by atomic mass is 9.95. The normalized spacial score (nSPS) is 15.0. The topological polar surface area (TPSA) is 93.0 Å². The molecule has 25 heavy (non-hydrogen) atoms. The van der Waals surface area contributed by atoms with Gasteiger partial charge in [0.2, 0.25) is 11.6 Å². The van der Waals surface area contributed by atoms with Gasteiger partial charge >= 0.3 is 5.69 Å². The van der Waals surface area contributed by atoms with Crippen molar-refractivity contribution in [3.8, 4) is 0 Å². The lowest BCUT2D eigenvalue weighted by Gasteiger charge is -2.23. The number of hydrogen-bond acceptors (Lipinski definition) is 6. The van der Waals surface area contributed by atoms with E-state index < -0.39 is 4.92 Å². The second kappa shape index (κ2) is 7.65. The van der Waals surface area contributed by atoms with Crippen LogP contribution in [-0.2, 0) is 0 Å². The number of halogens is 1. The summed E-state index contributed by atoms with van der Waals surface area (Å²) in [5, 5.41) is 18.4. The molecular weight excluding hydrogens is 342 g/mol. The molecule has 0 atom stereocenters. The Hall–Kier alpha value is -2.41. The summed E-state index contributed by atoms with van der Waals surface area (Å²) in [5.74, 6) is 0.415. The van der Waals surface area contributed by atoms with Gasteiger partial charge < -0.3 is 10.6 Å². The Balaban J connectivity index is 1.92. The summed E-state index contributed by atoms with van der Waals surface area (Å²) in [4.78, 5) is 19.4. The number of nitrogens with one attached hydrogen (secondary N) is 2. The fourth-order valence-electron chi connectivity index (χ4n) is 3.05. The molecule has 1 heterocycles. The first-order valence-corrected chi connectivity index (χ1v) is 8.71. The van der Waals surface area contributed by atoms with Crippen LogP contribution in [0.15, 0.2) is 24.5 Å². The maximum atomic E-state index is 11.6. The Morgan fingerprint density at radius 2 is 1.92 bits per heavy atom. The van der Waals surface area contributed by atoms with Crippen molar-refractivity contribution >= 4 is 34.6 Å². The first-order chi connectivity index (χ1) is 12.0. The molecule has 1 aromatic carbocycles. The number of hydrogen-bond donors (Lipinski definition) is 2. The van der Waals surface area contributed by atoms with Gasteiger partial charge in [0, 0.05) is 16.8 Å². The van der Waals surface area contributed by atoms with Gasteiger partial charge in [-0.25, -0.2) is 9.97 Å². The van der Waals surface area contributed by atoms with E-state index >= 15 is 0 Å². The second-order valence-electron chi connectivity index (χ2n) is 6.24. The minimum absolute atomic E-state index is 0.146. The SMILES string of the molecule is Cc1ccc(Cl)cc1Nc1ncnc(NC2CCCCC2)c1[N+](=O)[O-]. The van der Waals surface area contributed by atoms with Crippen molar-refractivity contribution in [3.63, 3.8) is 0 Å². The van der Waals surface area contributed by atoms with Crippen LogP contribution in [0.4, 0.5) is 23.0 Å². The van der Waals surface area contributed by atoms with Crippen LogP contribution in [0, 0.1) is 17.0 Å². The van der Waals surface area contributed by atoms with Gasteiger partial charge in [-0.2, -0.15) is 0 Å². The van der Waals surface area contributed by atoms with Gasteiger partial charge in [0.15, 0.2) is 0 Å². The molecule has 0 aliphatic heterocycles. The van der Waals surface area contributed by atoms with Crippen LogP contribution in [-0.4, -0.2) is 20.9 Å². The van der Waals surface area contributed by atoms with Crippen molar-refractivity contribution in [2.24, 2.45) is 0 Å². The van der Waals surface area contributed by atoms with Crippen LogP contribution in [0.2, 0.25) is 5.02 Å². The van der Waals surface area contributed by atoms with E-state index in [1.54, 1.807) is 12.1 Å². The molecule has 1 aliphatic carbocycles. The molecule has 0 spiro atoms. The number of rotatable bonds is 5. The highest BCUT2D eigenvalue weighted by Gasteiger charge is 2.26. The zero-order valence-corrected chi connectivity index (χ0v) is 14.7. The third-order valence-corrected chi connectivity index (χ3v) is 4.64. The van der Waals surface area contributed by atoms with Crippen molar-refractivity contribution in [3.05, 3.63) is 45.2 Å². The number of anilines is 3. The van der Waals surface area contributed by atoms with Gasteiger partial charge in [0.05, 0.1) is 4.92 Å². The van der Waals surface area contributed by atoms with Crippen LogP contribution in [0.25, 0.3) is 0 Å². The fraction of sp³-hybridized carbons (Fsp3) is 0.412. The van der Waals surface area contributed by atoms with Gasteiger partial charge in [0.1, 0.15) is 6.33 Å². The number of aromatic nitrogens is 2. The van der Waals surface area contributed by atoms with Crippen LogP contribution in [0.1, 0.15) is 37.7 Å². The molecule has 0 unspecified atom stereocenters. The monoisotopic (exact) mass is 361 g/mol. The molecular formula is C17H20ClN5O2. The van der Waals surface area contributed by atoms with E-state index in [0.29, 0.717) is 10.7 Å². The molecule has 0 radical (unpaired) electrons. The lowest BCUT2D eigenvalue weighted by molar-refractivity contribution is -0.383. The van der Waals surface area contributed by atoms with E-state index in [2.05, 4.69) is 20.6 Å². The average Bonchev–Trinajstić information content (AvgIpc) is 2.59. The lowest BCUT2D eigenvalue weighted by Crippen LogP contribution is -2.23. The second-order valence-corrected chi connectivity index (χ2v) is 6.68. The zero-order valence-electron chi connectivity index (χ0n) is 14.0. The third-order valence-electron chi connectivity index (χ3n) is 4.40. The Morgan fingerprint density at radius 1 is 1.20 bits per heavy atom. The zero-order chi connectivity index (χ0) is 17.8. The number of benzene rings is 1. The summed E-state index contributed by atoms with van der Waals surface area (Å²) in [5.41, 5.74) is 1.45. The fourth-order valence-corrected chi connectivity index (χ4v) is 3.22. The summed E-state index contributed by atoms with van der Waals surface area (Å²) in [6.45, 7) is 1.90. The van der Waals surface area contributed by atoms with Crippen molar-refractivity contribution < 1.29 is 4.92 Å². The number of nitro groups is 1. The van der Waals surface area contributed by atoms with Crippen molar-refractivity contribution in [2.75, 3.05) is 10.6 Å². The smallest absolute Gasteiger partial charge is 0.353 e. The largest absolute Gasteiger partial charge is 0.361 e. The average molecular weight is 362 g/mol. The van der Waals surface area contributed by atoms with E-state index in [1.165, 1.54) is 12.7 Å². The molecule has 1 aromatic heterocycles. The number of nitrogens with zero attached hydrogens (tertiary/aromatic N) is 3. The highest BCUT2D eigenvalue weighted by Crippen LogP contribution is 2.34. The van der Waals surface area contributed by atoms with Crippen molar-refractivity contribution in [2.45, 2.75) is 45.1 Å². The molecule has 1 fully saturated rings. The molecule has 2 N–H and O–H groups in total. The summed E-state index contributed by atoms with van der Waals surface area (Å²) < 4.78 is 0. The summed E-state index contributed by atoms with van der Waals surface area (Å²) in [6, 6.07) is 5.55. The molecule has 3 rings (SSSR count). The first-order valence-electron chi connectivity index (χ1n) is 8.33. The first kappa shape index (κ1) is 17.4. The number of aryl methyl sites for hydroxylation is 1. The maximum Gasteiger partial charge on any atom is 0.353 e. The van der Waals surface area contributed by atoms with Gasteiger partial charge in [-0.3, -0.25) is 10.1 Å². The molecule has 8 heteroatoms. The molecule has 1 saturated carbocycles. The summed E-state index contributed by atoms with van der Waals surface area (Å²) >= 11 is 6.03. The standard InChI is InChI=1S/C17H20ClN5O2/c1-11-7-8-12(18)9-14(11)22-17-15(23(24)25)16(19-10-20-17)21-13-5-3-2-4-6-13/h7-10,13H,2-6H2,1H3,(H2,19,20,21,22). The predicted octanol–water partition coefficient (Wildman–Crippen LogP) is 4.83. The Labute approximate surface area is 151 Å². The minimum atomic E-state index is -0.451. The predicted molar refractivity (Wildman–Crippen MR) is 98.7 cm³/mol. The molecule has 0 amide bonds. The van der Waals surface area contributed by atoms with Crippen molar-refractivity contribution in [1.29, 1.82) is 0 Å². The van der Waals surface area contributed by atoms with E-state index in [0.717, 1.165) is 31.2 Å². The van der Waals surface area contributed by atoms with Crippen LogP contribution >= 0.6 is 11.6 Å². The quantitative estimate of drug-likeness (QED) is 0.585. The maximum absolute atomic E-state index is 11.6. The molecule has 0 bridgehead atoms. The highest BCUT2D eigenvalue weighted by atomic mass is 35.5. The van der Waals surface area contributed by atoms with E-state index in [-0.39, 0.29) is 23.4 Å². The Bertz CT molecular complexity index is 778. The van der Waals surface area contributed by atoms with Crippen molar-refractivity contribution in [1.82, 2.24) is 9.97 Å². The van der Waals surface area contributed by atoms with Crippen LogP contribution in [0.3, 0.4) is 0 Å². The Morgan fingerprint density at radius 3 is 2.64 bits per heavy atom.